The maximum atomic E-state index is 12.2. The number of benzene rings is 2. The Morgan fingerprint density at radius 2 is 1.50 bits per heavy atom. The molecule has 1 heterocycles. The van der Waals surface area contributed by atoms with Crippen LogP contribution >= 0.6 is 0 Å². The summed E-state index contributed by atoms with van der Waals surface area (Å²) in [5.74, 6) is -0.248. The Balaban J connectivity index is 1.53. The molecular formula is C21H20N2O3. The zero-order valence-electron chi connectivity index (χ0n) is 14.2. The summed E-state index contributed by atoms with van der Waals surface area (Å²) in [6, 6.07) is 16.0. The Bertz CT molecular complexity index is 867. The van der Waals surface area contributed by atoms with Crippen LogP contribution in [0.25, 0.3) is 0 Å². The number of aliphatic hydroxyl groups is 1. The fraction of sp³-hybridized carbons (Fsp3) is 0.143. The normalized spacial score (nSPS) is 10.5. The van der Waals surface area contributed by atoms with Gasteiger partial charge in [0.1, 0.15) is 0 Å². The van der Waals surface area contributed by atoms with Crippen LogP contribution in [0.2, 0.25) is 0 Å². The van der Waals surface area contributed by atoms with Crippen LogP contribution in [0.5, 0.6) is 0 Å². The summed E-state index contributed by atoms with van der Waals surface area (Å²) in [7, 11) is 0. The summed E-state index contributed by atoms with van der Waals surface area (Å²) < 4.78 is 0. The lowest BCUT2D eigenvalue weighted by Crippen LogP contribution is -2.25. The van der Waals surface area contributed by atoms with Crippen molar-refractivity contribution in [2.75, 3.05) is 6.54 Å². The van der Waals surface area contributed by atoms with Crippen molar-refractivity contribution in [3.8, 4) is 0 Å². The van der Waals surface area contributed by atoms with Gasteiger partial charge < -0.3 is 15.4 Å². The minimum atomic E-state index is -0.169. The van der Waals surface area contributed by atoms with E-state index < -0.39 is 0 Å². The number of nitrogens with one attached hydrogen (secondary N) is 2. The van der Waals surface area contributed by atoms with E-state index in [1.165, 1.54) is 0 Å². The fourth-order valence-electron chi connectivity index (χ4n) is 2.64. The van der Waals surface area contributed by atoms with E-state index in [-0.39, 0.29) is 18.3 Å². The highest BCUT2D eigenvalue weighted by molar-refractivity contribution is 6.09. The molecule has 0 saturated heterocycles. The molecule has 1 amide bonds. The van der Waals surface area contributed by atoms with Crippen molar-refractivity contribution >= 4 is 11.7 Å². The molecule has 132 valence electrons. The summed E-state index contributed by atoms with van der Waals surface area (Å²) in [5.41, 5.74) is 3.62. The van der Waals surface area contributed by atoms with Gasteiger partial charge in [0.15, 0.2) is 5.78 Å². The second kappa shape index (κ2) is 8.27. The minimum Gasteiger partial charge on any atom is -0.392 e. The number of aromatic amines is 1. The maximum Gasteiger partial charge on any atom is 0.251 e. The van der Waals surface area contributed by atoms with Crippen LogP contribution in [-0.4, -0.2) is 28.3 Å². The molecule has 3 rings (SSSR count). The van der Waals surface area contributed by atoms with Crippen molar-refractivity contribution in [3.63, 3.8) is 0 Å². The lowest BCUT2D eigenvalue weighted by Gasteiger charge is -2.07. The summed E-state index contributed by atoms with van der Waals surface area (Å²) in [5, 5.41) is 11.9. The Hall–Kier alpha value is -3.18. The molecule has 0 aliphatic carbocycles. The summed E-state index contributed by atoms with van der Waals surface area (Å²) in [6.07, 6.45) is 4.06. The maximum absolute atomic E-state index is 12.2. The molecule has 0 unspecified atom stereocenters. The van der Waals surface area contributed by atoms with Crippen molar-refractivity contribution < 1.29 is 14.7 Å². The van der Waals surface area contributed by atoms with Crippen LogP contribution in [-0.2, 0) is 13.0 Å². The van der Waals surface area contributed by atoms with E-state index in [1.807, 2.05) is 24.3 Å². The minimum absolute atomic E-state index is 0.0274. The quantitative estimate of drug-likeness (QED) is 0.574. The molecule has 26 heavy (non-hydrogen) atoms. The number of amides is 1. The number of aliphatic hydroxyl groups excluding tert-OH is 1. The zero-order chi connectivity index (χ0) is 18.4. The number of carbonyl (C=O) groups is 2. The first-order valence-corrected chi connectivity index (χ1v) is 8.42. The van der Waals surface area contributed by atoms with Gasteiger partial charge >= 0.3 is 0 Å². The van der Waals surface area contributed by atoms with E-state index in [0.717, 1.165) is 11.1 Å². The summed E-state index contributed by atoms with van der Waals surface area (Å²) in [6.45, 7) is 0.543. The average Bonchev–Trinajstić information content (AvgIpc) is 3.23. The summed E-state index contributed by atoms with van der Waals surface area (Å²) >= 11 is 0. The van der Waals surface area contributed by atoms with Crippen LogP contribution in [0.1, 0.15) is 37.4 Å². The number of aromatic nitrogens is 1. The molecule has 0 spiro atoms. The van der Waals surface area contributed by atoms with Crippen molar-refractivity contribution in [2.24, 2.45) is 0 Å². The molecule has 0 bridgehead atoms. The third-order valence-electron chi connectivity index (χ3n) is 4.17. The van der Waals surface area contributed by atoms with Crippen molar-refractivity contribution in [3.05, 3.63) is 94.8 Å². The predicted octanol–water partition coefficient (Wildman–Crippen LogP) is 2.71. The highest BCUT2D eigenvalue weighted by atomic mass is 16.3. The van der Waals surface area contributed by atoms with E-state index in [4.69, 9.17) is 5.11 Å². The largest absolute Gasteiger partial charge is 0.392 e. The number of hydrogen-bond donors (Lipinski definition) is 3. The van der Waals surface area contributed by atoms with Gasteiger partial charge in [-0.05, 0) is 35.7 Å². The molecule has 3 aromatic rings. The molecule has 3 N–H and O–H groups in total. The number of carbonyl (C=O) groups excluding carboxylic acids is 2. The van der Waals surface area contributed by atoms with Gasteiger partial charge in [-0.3, -0.25) is 9.59 Å². The molecule has 0 atom stereocenters. The molecule has 5 heteroatoms. The van der Waals surface area contributed by atoms with E-state index in [1.54, 1.807) is 42.7 Å². The van der Waals surface area contributed by atoms with Gasteiger partial charge in [0.2, 0.25) is 0 Å². The standard InChI is InChI=1S/C21H20N2O3/c24-14-16-3-1-15(2-4-16)9-12-23-21(26)18-7-5-17(6-8-18)20(25)19-10-11-22-13-19/h1-8,10-11,13,22,24H,9,12,14H2,(H,23,26). The van der Waals surface area contributed by atoms with Gasteiger partial charge in [0, 0.05) is 35.6 Å². The van der Waals surface area contributed by atoms with Gasteiger partial charge in [-0.1, -0.05) is 36.4 Å². The fourth-order valence-corrected chi connectivity index (χ4v) is 2.64. The molecule has 2 aromatic carbocycles. The van der Waals surface area contributed by atoms with Crippen molar-refractivity contribution in [2.45, 2.75) is 13.0 Å². The Labute approximate surface area is 151 Å². The topological polar surface area (TPSA) is 82.2 Å². The van der Waals surface area contributed by atoms with E-state index in [9.17, 15) is 9.59 Å². The second-order valence-corrected chi connectivity index (χ2v) is 5.99. The lowest BCUT2D eigenvalue weighted by atomic mass is 10.0. The molecule has 0 aliphatic rings. The molecule has 0 radical (unpaired) electrons. The van der Waals surface area contributed by atoms with Gasteiger partial charge in [-0.25, -0.2) is 0 Å². The van der Waals surface area contributed by atoms with Gasteiger partial charge in [0.05, 0.1) is 6.61 Å². The highest BCUT2D eigenvalue weighted by Gasteiger charge is 2.11. The third-order valence-corrected chi connectivity index (χ3v) is 4.17. The predicted molar refractivity (Wildman–Crippen MR) is 99.1 cm³/mol. The van der Waals surface area contributed by atoms with Gasteiger partial charge in [-0.2, -0.15) is 0 Å². The molecule has 0 saturated carbocycles. The van der Waals surface area contributed by atoms with Crippen molar-refractivity contribution in [1.82, 2.24) is 10.3 Å². The lowest BCUT2D eigenvalue weighted by molar-refractivity contribution is 0.0952. The third kappa shape index (κ3) is 4.26. The molecule has 1 aromatic heterocycles. The monoisotopic (exact) mass is 348 g/mol. The number of rotatable bonds is 7. The number of hydrogen-bond acceptors (Lipinski definition) is 3. The van der Waals surface area contributed by atoms with Crippen LogP contribution < -0.4 is 5.32 Å². The van der Waals surface area contributed by atoms with Crippen molar-refractivity contribution in [1.29, 1.82) is 0 Å². The summed E-state index contributed by atoms with van der Waals surface area (Å²) in [4.78, 5) is 27.3. The van der Waals surface area contributed by atoms with E-state index in [0.29, 0.717) is 29.7 Å². The van der Waals surface area contributed by atoms with Crippen LogP contribution in [0.3, 0.4) is 0 Å². The Kier molecular flexibility index (Phi) is 5.61. The first-order valence-electron chi connectivity index (χ1n) is 8.42. The smallest absolute Gasteiger partial charge is 0.251 e. The number of ketones is 1. The zero-order valence-corrected chi connectivity index (χ0v) is 14.2. The Morgan fingerprint density at radius 1 is 0.846 bits per heavy atom. The van der Waals surface area contributed by atoms with Crippen LogP contribution in [0.4, 0.5) is 0 Å². The van der Waals surface area contributed by atoms with E-state index in [2.05, 4.69) is 10.3 Å². The Morgan fingerprint density at radius 3 is 2.12 bits per heavy atom. The second-order valence-electron chi connectivity index (χ2n) is 5.99. The number of H-pyrrole nitrogens is 1. The van der Waals surface area contributed by atoms with Crippen LogP contribution in [0.15, 0.2) is 67.0 Å². The van der Waals surface area contributed by atoms with E-state index >= 15 is 0 Å². The highest BCUT2D eigenvalue weighted by Crippen LogP contribution is 2.11. The van der Waals surface area contributed by atoms with Gasteiger partial charge in [-0.15, -0.1) is 0 Å². The van der Waals surface area contributed by atoms with Crippen LogP contribution in [0, 0.1) is 0 Å². The SMILES string of the molecule is O=C(NCCc1ccc(CO)cc1)c1ccc(C(=O)c2cc[nH]c2)cc1. The first-order chi connectivity index (χ1) is 12.7. The molecular weight excluding hydrogens is 328 g/mol. The molecule has 5 nitrogen and oxygen atoms in total. The molecule has 0 aliphatic heterocycles. The molecule has 0 fully saturated rings. The van der Waals surface area contributed by atoms with Gasteiger partial charge in [0.25, 0.3) is 5.91 Å². The average molecular weight is 348 g/mol. The first kappa shape index (κ1) is 17.6.